The minimum atomic E-state index is -3.02. The van der Waals surface area contributed by atoms with Crippen LogP contribution < -0.4 is 11.1 Å². The largest absolute Gasteiger partial charge is 0.508 e. The van der Waals surface area contributed by atoms with Crippen molar-refractivity contribution in [3.8, 4) is 5.75 Å². The first-order valence-electron chi connectivity index (χ1n) is 12.3. The third-order valence-electron chi connectivity index (χ3n) is 7.93. The molecular formula is C26H31ClN4O9. The van der Waals surface area contributed by atoms with E-state index in [0.29, 0.717) is 0 Å². The molecule has 14 heteroatoms. The van der Waals surface area contributed by atoms with Crippen LogP contribution in [0.4, 0.5) is 5.69 Å². The fourth-order valence-corrected chi connectivity index (χ4v) is 6.48. The van der Waals surface area contributed by atoms with E-state index in [9.17, 15) is 44.7 Å². The van der Waals surface area contributed by atoms with Crippen LogP contribution in [0.1, 0.15) is 24.0 Å². The van der Waals surface area contributed by atoms with E-state index in [1.807, 2.05) is 0 Å². The number of carbonyl (C=O) groups is 4. The van der Waals surface area contributed by atoms with Gasteiger partial charge in [-0.2, -0.15) is 0 Å². The molecule has 3 aliphatic carbocycles. The zero-order valence-electron chi connectivity index (χ0n) is 22.4. The number of nitrogens with one attached hydrogen (secondary N) is 1. The highest BCUT2D eigenvalue weighted by Gasteiger charge is 2.68. The molecule has 0 bridgehead atoms. The van der Waals surface area contributed by atoms with Gasteiger partial charge in [0, 0.05) is 11.5 Å². The Hall–Kier alpha value is -3.49. The normalized spacial score (nSPS) is 29.9. The minimum absolute atomic E-state index is 0.0585. The first-order valence-corrected chi connectivity index (χ1v) is 12.7. The van der Waals surface area contributed by atoms with Crippen LogP contribution in [0.5, 0.6) is 5.75 Å². The second-order valence-electron chi connectivity index (χ2n) is 10.9. The smallest absolute Gasteiger partial charge is 0.255 e. The van der Waals surface area contributed by atoms with Gasteiger partial charge in [0.05, 0.1) is 35.2 Å². The zero-order valence-corrected chi connectivity index (χ0v) is 23.1. The van der Waals surface area contributed by atoms with Gasteiger partial charge < -0.3 is 41.5 Å². The fraction of sp³-hybridized carbons (Fsp3) is 0.462. The van der Waals surface area contributed by atoms with Gasteiger partial charge in [-0.1, -0.05) is 18.5 Å². The molecule has 216 valence electrons. The molecule has 0 radical (unpaired) electrons. The van der Waals surface area contributed by atoms with Gasteiger partial charge in [0.15, 0.2) is 17.1 Å². The molecule has 0 aliphatic heterocycles. The van der Waals surface area contributed by atoms with Crippen molar-refractivity contribution in [3.63, 3.8) is 0 Å². The van der Waals surface area contributed by atoms with Gasteiger partial charge in [0.25, 0.3) is 5.91 Å². The number of phenols is 1. The number of nitrogens with zero attached hydrogens (tertiary/aromatic N) is 2. The maximum absolute atomic E-state index is 14.0. The predicted octanol–water partition coefficient (Wildman–Crippen LogP) is -0.351. The average molecular weight is 579 g/mol. The third kappa shape index (κ3) is 3.99. The van der Waals surface area contributed by atoms with Crippen molar-refractivity contribution in [2.45, 2.75) is 30.6 Å². The summed E-state index contributed by atoms with van der Waals surface area (Å²) in [6, 6.07) is -0.0823. The van der Waals surface area contributed by atoms with E-state index < -0.39 is 87.3 Å². The number of primary amides is 1. The van der Waals surface area contributed by atoms with Crippen molar-refractivity contribution in [1.29, 1.82) is 0 Å². The number of halogens is 1. The van der Waals surface area contributed by atoms with E-state index in [1.165, 1.54) is 25.1 Å². The van der Waals surface area contributed by atoms with Crippen molar-refractivity contribution in [2.24, 2.45) is 17.6 Å². The summed E-state index contributed by atoms with van der Waals surface area (Å²) in [6.07, 6.45) is -1.73. The lowest BCUT2D eigenvalue weighted by Gasteiger charge is -2.53. The topological polar surface area (TPSA) is 214 Å². The van der Waals surface area contributed by atoms with E-state index in [-0.39, 0.29) is 28.4 Å². The molecular weight excluding hydrogens is 548 g/mol. The summed E-state index contributed by atoms with van der Waals surface area (Å²) in [5, 5.41) is 59.2. The van der Waals surface area contributed by atoms with Gasteiger partial charge in [-0.15, -0.1) is 0 Å². The van der Waals surface area contributed by atoms with Crippen molar-refractivity contribution >= 4 is 46.4 Å². The first-order chi connectivity index (χ1) is 18.5. The number of benzene rings is 1. The van der Waals surface area contributed by atoms with Crippen LogP contribution in [-0.2, 0) is 19.2 Å². The maximum atomic E-state index is 14.0. The van der Waals surface area contributed by atoms with E-state index in [2.05, 4.69) is 5.32 Å². The van der Waals surface area contributed by atoms with Crippen LogP contribution in [0.2, 0.25) is 5.02 Å². The van der Waals surface area contributed by atoms with Crippen LogP contribution in [0, 0.1) is 11.8 Å². The first kappa shape index (κ1) is 29.5. The molecule has 4 rings (SSSR count). The number of nitrogens with two attached hydrogens (primary N) is 1. The Bertz CT molecular complexity index is 1420. The average Bonchev–Trinajstić information content (AvgIpc) is 2.83. The highest BCUT2D eigenvalue weighted by molar-refractivity contribution is 6.34. The molecule has 0 heterocycles. The summed E-state index contributed by atoms with van der Waals surface area (Å²) in [5.74, 6) is -10.8. The van der Waals surface area contributed by atoms with Gasteiger partial charge in [-0.3, -0.25) is 24.1 Å². The van der Waals surface area contributed by atoms with E-state index >= 15 is 0 Å². The number of aliphatic hydroxyl groups excluding tert-OH is 3. The Morgan fingerprint density at radius 3 is 2.27 bits per heavy atom. The highest BCUT2D eigenvalue weighted by atomic mass is 35.5. The molecule has 0 aromatic heterocycles. The van der Waals surface area contributed by atoms with Crippen molar-refractivity contribution in [2.75, 3.05) is 40.1 Å². The summed E-state index contributed by atoms with van der Waals surface area (Å²) in [7, 11) is 6.15. The number of likely N-dealkylation sites (N-methyl/N-ethyl adjacent to an activating group) is 2. The number of hydrogen-bond donors (Lipinski definition) is 7. The number of aliphatic hydroxyl groups is 4. The molecule has 3 aliphatic rings. The molecule has 8 N–H and O–H groups in total. The van der Waals surface area contributed by atoms with E-state index in [1.54, 1.807) is 25.9 Å². The van der Waals surface area contributed by atoms with Gasteiger partial charge in [0.1, 0.15) is 22.8 Å². The molecule has 0 saturated heterocycles. The lowest BCUT2D eigenvalue weighted by Crippen LogP contribution is -2.70. The van der Waals surface area contributed by atoms with Gasteiger partial charge >= 0.3 is 0 Å². The number of Topliss-reactive ketones (excluding diaryl/α,β-unsaturated/α-hetero) is 2. The summed E-state index contributed by atoms with van der Waals surface area (Å²) < 4.78 is 0. The van der Waals surface area contributed by atoms with Gasteiger partial charge in [0.2, 0.25) is 11.7 Å². The van der Waals surface area contributed by atoms with Crippen LogP contribution in [-0.4, -0.2) is 111 Å². The minimum Gasteiger partial charge on any atom is -0.508 e. The number of aromatic hydroxyl groups is 1. The van der Waals surface area contributed by atoms with Crippen LogP contribution in [0.15, 0.2) is 23.0 Å². The molecule has 6 unspecified atom stereocenters. The number of anilines is 1. The third-order valence-corrected chi connectivity index (χ3v) is 8.23. The fourth-order valence-electron chi connectivity index (χ4n) is 6.23. The summed E-state index contributed by atoms with van der Waals surface area (Å²) in [5.41, 5.74) is 0.455. The number of amides is 2. The van der Waals surface area contributed by atoms with Gasteiger partial charge in [-0.05, 0) is 45.7 Å². The predicted molar refractivity (Wildman–Crippen MR) is 143 cm³/mol. The van der Waals surface area contributed by atoms with Gasteiger partial charge in [-0.25, -0.2) is 0 Å². The molecule has 1 fully saturated rings. The highest BCUT2D eigenvalue weighted by Crippen LogP contribution is 2.57. The number of fused-ring (bicyclic) bond motifs is 3. The maximum Gasteiger partial charge on any atom is 0.255 e. The molecule has 13 nitrogen and oxygen atoms in total. The molecule has 0 spiro atoms. The summed E-state index contributed by atoms with van der Waals surface area (Å²) >= 11 is 6.39. The SMILES string of the molecule is CC1c2cc(Cl)c(NC(=O)CN(C)C)c(O)c2C(O)=C2C(=O)C3(O)C(O)=C(C(N)=O)C(=O)C(N(C)C)C3C(O)C21. The van der Waals surface area contributed by atoms with E-state index in [4.69, 9.17) is 17.3 Å². The lowest BCUT2D eigenvalue weighted by molar-refractivity contribution is -0.169. The Morgan fingerprint density at radius 1 is 1.15 bits per heavy atom. The lowest BCUT2D eigenvalue weighted by atomic mass is 9.54. The standard InChI is InChI=1S/C26H31ClN4O9/c1-8-9-6-10(27)17(29-11(32)7-30(2)3)21(35)13(9)19(33)14-12(8)20(34)16-18(31(4)5)22(36)15(25(28)39)24(38)26(16,40)23(14)37/h6,8,12,16,18,20,33-35,38,40H,7H2,1-5H3,(H2,28,39)(H,29,32). The summed E-state index contributed by atoms with van der Waals surface area (Å²) in [4.78, 5) is 54.6. The Balaban J connectivity index is 1.98. The molecule has 1 aromatic carbocycles. The number of hydrogen-bond acceptors (Lipinski definition) is 11. The number of ketones is 2. The van der Waals surface area contributed by atoms with Crippen molar-refractivity contribution in [1.82, 2.24) is 9.80 Å². The second kappa shape index (κ2) is 9.85. The monoisotopic (exact) mass is 578 g/mol. The van der Waals surface area contributed by atoms with Crippen LogP contribution in [0.25, 0.3) is 5.76 Å². The number of rotatable bonds is 5. The molecule has 6 atom stereocenters. The Morgan fingerprint density at radius 2 is 1.75 bits per heavy atom. The van der Waals surface area contributed by atoms with Crippen LogP contribution in [0.3, 0.4) is 0 Å². The molecule has 1 saturated carbocycles. The van der Waals surface area contributed by atoms with E-state index in [0.717, 1.165) is 0 Å². The van der Waals surface area contributed by atoms with Crippen LogP contribution >= 0.6 is 11.6 Å². The number of carbonyl (C=O) groups excluding carboxylic acids is 4. The zero-order chi connectivity index (χ0) is 30.2. The summed E-state index contributed by atoms with van der Waals surface area (Å²) in [6.45, 7) is 1.52. The molecule has 2 amide bonds. The molecule has 40 heavy (non-hydrogen) atoms. The number of phenolic OH excluding ortho intramolecular Hbond substituents is 1. The van der Waals surface area contributed by atoms with Crippen molar-refractivity contribution < 1.29 is 44.7 Å². The Kier molecular flexibility index (Phi) is 7.27. The quantitative estimate of drug-likeness (QED) is 0.177. The molecule has 1 aromatic rings. The second-order valence-corrected chi connectivity index (χ2v) is 11.3. The Labute approximate surface area is 234 Å². The van der Waals surface area contributed by atoms with Crippen molar-refractivity contribution in [3.05, 3.63) is 39.1 Å².